The Morgan fingerprint density at radius 1 is 1.35 bits per heavy atom. The third-order valence-corrected chi connectivity index (χ3v) is 6.45. The zero-order valence-corrected chi connectivity index (χ0v) is 11.9. The molecule has 1 saturated carbocycles. The number of hydrogen-bond donors (Lipinski definition) is 1. The second kappa shape index (κ2) is 5.33. The van der Waals surface area contributed by atoms with Crippen LogP contribution in [0.25, 0.3) is 0 Å². The molecule has 0 spiro atoms. The number of fused-ring (bicyclic) bond motifs is 1. The van der Waals surface area contributed by atoms with Gasteiger partial charge in [-0.05, 0) is 36.1 Å². The van der Waals surface area contributed by atoms with Crippen LogP contribution in [0.1, 0.15) is 53.5 Å². The van der Waals surface area contributed by atoms with Crippen molar-refractivity contribution >= 4 is 23.1 Å². The average molecular weight is 267 g/mol. The Hall–Kier alpha value is 0.01000. The molecular weight excluding hydrogens is 246 g/mol. The summed E-state index contributed by atoms with van der Waals surface area (Å²) in [5.41, 5.74) is 7.96. The molecule has 2 heterocycles. The fraction of sp³-hybridized carbons (Fsp3) is 0.714. The first kappa shape index (κ1) is 12.1. The lowest BCUT2D eigenvalue weighted by molar-refractivity contribution is 0.454. The van der Waals surface area contributed by atoms with E-state index in [4.69, 9.17) is 5.73 Å². The van der Waals surface area contributed by atoms with E-state index in [1.54, 1.807) is 10.4 Å². The molecule has 94 valence electrons. The summed E-state index contributed by atoms with van der Waals surface area (Å²) in [7, 11) is 0. The van der Waals surface area contributed by atoms with Crippen molar-refractivity contribution in [3.05, 3.63) is 21.4 Å². The van der Waals surface area contributed by atoms with Crippen LogP contribution in [0.5, 0.6) is 0 Å². The molecule has 1 aliphatic heterocycles. The largest absolute Gasteiger partial charge is 0.323 e. The predicted octanol–water partition coefficient (Wildman–Crippen LogP) is 4.12. The number of thioether (sulfide) groups is 1. The molecule has 1 atom stereocenters. The van der Waals surface area contributed by atoms with Gasteiger partial charge in [0, 0.05) is 21.5 Å². The van der Waals surface area contributed by atoms with Crippen LogP contribution < -0.4 is 5.73 Å². The molecular formula is C14H21NS2. The molecule has 0 saturated heterocycles. The summed E-state index contributed by atoms with van der Waals surface area (Å²) in [6.45, 7) is 0. The van der Waals surface area contributed by atoms with Gasteiger partial charge in [-0.25, -0.2) is 0 Å². The molecule has 0 aromatic carbocycles. The summed E-state index contributed by atoms with van der Waals surface area (Å²) in [6.07, 6.45) is 8.15. The lowest BCUT2D eigenvalue weighted by atomic mass is 9.98. The van der Waals surface area contributed by atoms with Crippen molar-refractivity contribution in [1.82, 2.24) is 0 Å². The molecule has 0 amide bonds. The van der Waals surface area contributed by atoms with Gasteiger partial charge < -0.3 is 5.73 Å². The average Bonchev–Trinajstić information content (AvgIpc) is 2.96. The monoisotopic (exact) mass is 267 g/mol. The summed E-state index contributed by atoms with van der Waals surface area (Å²) >= 11 is 4.05. The summed E-state index contributed by atoms with van der Waals surface area (Å²) in [5, 5.41) is 0. The van der Waals surface area contributed by atoms with Gasteiger partial charge >= 0.3 is 0 Å². The first-order valence-electron chi connectivity index (χ1n) is 6.78. The highest BCUT2D eigenvalue weighted by atomic mass is 32.2. The van der Waals surface area contributed by atoms with Crippen molar-refractivity contribution in [2.45, 2.75) is 50.3 Å². The van der Waals surface area contributed by atoms with Gasteiger partial charge in [0.1, 0.15) is 0 Å². The fourth-order valence-electron chi connectivity index (χ4n) is 3.07. The molecule has 1 aromatic heterocycles. The maximum absolute atomic E-state index is 6.39. The third kappa shape index (κ3) is 2.72. The van der Waals surface area contributed by atoms with E-state index in [0.717, 1.165) is 5.92 Å². The Balaban J connectivity index is 1.67. The van der Waals surface area contributed by atoms with Crippen LogP contribution in [0, 0.1) is 5.92 Å². The topological polar surface area (TPSA) is 26.0 Å². The lowest BCUT2D eigenvalue weighted by Gasteiger charge is -2.14. The first-order chi connectivity index (χ1) is 8.33. The fourth-order valence-corrected chi connectivity index (χ4v) is 5.46. The van der Waals surface area contributed by atoms with Crippen molar-refractivity contribution in [2.75, 3.05) is 5.75 Å². The number of rotatable bonds is 3. The summed E-state index contributed by atoms with van der Waals surface area (Å²) in [4.78, 5) is 3.06. The van der Waals surface area contributed by atoms with Crippen LogP contribution in [0.4, 0.5) is 0 Å². The normalized spacial score (nSPS) is 22.6. The maximum Gasteiger partial charge on any atom is 0.0392 e. The Kier molecular flexibility index (Phi) is 3.78. The molecule has 0 radical (unpaired) electrons. The molecule has 2 aliphatic rings. The summed E-state index contributed by atoms with van der Waals surface area (Å²) < 4.78 is 0. The Bertz CT molecular complexity index is 356. The van der Waals surface area contributed by atoms with Gasteiger partial charge in [-0.15, -0.1) is 11.3 Å². The Morgan fingerprint density at radius 3 is 2.94 bits per heavy atom. The minimum Gasteiger partial charge on any atom is -0.323 e. The van der Waals surface area contributed by atoms with E-state index in [1.165, 1.54) is 54.9 Å². The minimum atomic E-state index is 0.304. The van der Waals surface area contributed by atoms with Crippen LogP contribution in [0.3, 0.4) is 0 Å². The molecule has 1 fully saturated rings. The van der Waals surface area contributed by atoms with E-state index in [2.05, 4.69) is 17.8 Å². The van der Waals surface area contributed by atoms with Gasteiger partial charge in [0.15, 0.2) is 0 Å². The number of aryl methyl sites for hydroxylation is 1. The van der Waals surface area contributed by atoms with Gasteiger partial charge in [0.05, 0.1) is 0 Å². The van der Waals surface area contributed by atoms with Crippen LogP contribution in [0.2, 0.25) is 0 Å². The van der Waals surface area contributed by atoms with E-state index in [1.807, 2.05) is 11.3 Å². The van der Waals surface area contributed by atoms with Gasteiger partial charge in [0.2, 0.25) is 0 Å². The highest BCUT2D eigenvalue weighted by Gasteiger charge is 2.22. The van der Waals surface area contributed by atoms with E-state index in [9.17, 15) is 0 Å². The quantitative estimate of drug-likeness (QED) is 0.891. The molecule has 3 heteroatoms. The molecule has 1 nitrogen and oxygen atoms in total. The SMILES string of the molecule is NC(CC1CCCC1)c1cc2c(s1)CCSC2. The highest BCUT2D eigenvalue weighted by Crippen LogP contribution is 2.37. The van der Waals surface area contributed by atoms with Crippen LogP contribution in [-0.4, -0.2) is 5.75 Å². The predicted molar refractivity (Wildman–Crippen MR) is 77.7 cm³/mol. The summed E-state index contributed by atoms with van der Waals surface area (Å²) in [6, 6.07) is 2.70. The highest BCUT2D eigenvalue weighted by molar-refractivity contribution is 7.98. The van der Waals surface area contributed by atoms with Gasteiger partial charge in [-0.1, -0.05) is 25.7 Å². The van der Waals surface area contributed by atoms with Gasteiger partial charge in [-0.3, -0.25) is 0 Å². The van der Waals surface area contributed by atoms with Crippen LogP contribution >= 0.6 is 23.1 Å². The molecule has 1 unspecified atom stereocenters. The lowest BCUT2D eigenvalue weighted by Crippen LogP contribution is -2.12. The standard InChI is InChI=1S/C14H21NS2/c15-12(7-10-3-1-2-4-10)14-8-11-9-16-6-5-13(11)17-14/h8,10,12H,1-7,9,15H2. The number of hydrogen-bond acceptors (Lipinski definition) is 3. The van der Waals surface area contributed by atoms with Crippen molar-refractivity contribution in [3.63, 3.8) is 0 Å². The molecule has 2 N–H and O–H groups in total. The van der Waals surface area contributed by atoms with E-state index >= 15 is 0 Å². The van der Waals surface area contributed by atoms with E-state index in [-0.39, 0.29) is 0 Å². The van der Waals surface area contributed by atoms with Crippen LogP contribution in [0.15, 0.2) is 6.07 Å². The zero-order chi connectivity index (χ0) is 11.7. The second-order valence-corrected chi connectivity index (χ2v) is 7.67. The number of thiophene rings is 1. The smallest absolute Gasteiger partial charge is 0.0392 e. The van der Waals surface area contributed by atoms with E-state index < -0.39 is 0 Å². The molecule has 1 aromatic rings. The molecule has 1 aliphatic carbocycles. The van der Waals surface area contributed by atoms with Gasteiger partial charge in [0.25, 0.3) is 0 Å². The Morgan fingerprint density at radius 2 is 2.18 bits per heavy atom. The molecule has 3 rings (SSSR count). The Labute approximate surface area is 112 Å². The van der Waals surface area contributed by atoms with Crippen molar-refractivity contribution in [2.24, 2.45) is 11.7 Å². The van der Waals surface area contributed by atoms with Gasteiger partial charge in [-0.2, -0.15) is 11.8 Å². The number of nitrogens with two attached hydrogens (primary N) is 1. The van der Waals surface area contributed by atoms with Crippen molar-refractivity contribution < 1.29 is 0 Å². The summed E-state index contributed by atoms with van der Waals surface area (Å²) in [5.74, 6) is 3.41. The molecule has 17 heavy (non-hydrogen) atoms. The van der Waals surface area contributed by atoms with Crippen molar-refractivity contribution in [3.8, 4) is 0 Å². The first-order valence-corrected chi connectivity index (χ1v) is 8.75. The zero-order valence-electron chi connectivity index (χ0n) is 10.3. The van der Waals surface area contributed by atoms with E-state index in [0.29, 0.717) is 6.04 Å². The maximum atomic E-state index is 6.39. The second-order valence-electron chi connectivity index (χ2n) is 5.39. The van der Waals surface area contributed by atoms with Crippen molar-refractivity contribution in [1.29, 1.82) is 0 Å². The van der Waals surface area contributed by atoms with Crippen LogP contribution in [-0.2, 0) is 12.2 Å². The third-order valence-electron chi connectivity index (χ3n) is 4.07. The minimum absolute atomic E-state index is 0.304. The molecule has 0 bridgehead atoms.